The second-order valence-electron chi connectivity index (χ2n) is 9.25. The zero-order valence-corrected chi connectivity index (χ0v) is 20.6. The average Bonchev–Trinajstić information content (AvgIpc) is 2.85. The van der Waals surface area contributed by atoms with Crippen LogP contribution in [0.4, 0.5) is 4.39 Å². The van der Waals surface area contributed by atoms with Gasteiger partial charge in [-0.25, -0.2) is 4.98 Å². The molecule has 0 saturated carbocycles. The molecule has 3 rings (SSSR count). The lowest BCUT2D eigenvalue weighted by Gasteiger charge is -2.08. The van der Waals surface area contributed by atoms with Gasteiger partial charge in [0.2, 0.25) is 5.95 Å². The summed E-state index contributed by atoms with van der Waals surface area (Å²) in [5.41, 5.74) is 6.20. The van der Waals surface area contributed by atoms with Crippen molar-refractivity contribution in [2.75, 3.05) is 0 Å². The Morgan fingerprint density at radius 3 is 1.70 bits per heavy atom. The molecular weight excluding hydrogens is 405 g/mol. The summed E-state index contributed by atoms with van der Waals surface area (Å²) in [5, 5.41) is 0. The number of pyridine rings is 1. The first-order valence-corrected chi connectivity index (χ1v) is 13.1. The van der Waals surface area contributed by atoms with Crippen LogP contribution in [0.5, 0.6) is 0 Å². The van der Waals surface area contributed by atoms with Crippen molar-refractivity contribution in [3.05, 3.63) is 77.7 Å². The molecule has 2 heteroatoms. The third-order valence-corrected chi connectivity index (χ3v) is 6.51. The van der Waals surface area contributed by atoms with Gasteiger partial charge in [0.1, 0.15) is 0 Å². The van der Waals surface area contributed by atoms with Gasteiger partial charge in [-0.15, -0.1) is 0 Å². The van der Waals surface area contributed by atoms with Crippen LogP contribution in [-0.4, -0.2) is 4.98 Å². The third-order valence-electron chi connectivity index (χ3n) is 6.51. The highest BCUT2D eigenvalue weighted by atomic mass is 19.1. The number of halogens is 1. The van der Waals surface area contributed by atoms with Gasteiger partial charge in [-0.3, -0.25) is 0 Å². The van der Waals surface area contributed by atoms with Crippen LogP contribution < -0.4 is 0 Å². The number of unbranched alkanes of at least 4 members (excludes halogenated alkanes) is 8. The molecule has 1 heterocycles. The van der Waals surface area contributed by atoms with Gasteiger partial charge in [0.15, 0.2) is 0 Å². The van der Waals surface area contributed by atoms with E-state index < -0.39 is 0 Å². The van der Waals surface area contributed by atoms with Gasteiger partial charge >= 0.3 is 0 Å². The summed E-state index contributed by atoms with van der Waals surface area (Å²) in [6.45, 7) is 4.45. The van der Waals surface area contributed by atoms with Gasteiger partial charge in [0, 0.05) is 11.1 Å². The van der Waals surface area contributed by atoms with Crippen LogP contribution in [0.3, 0.4) is 0 Å². The average molecular weight is 446 g/mol. The molecular formula is C31H40FN. The van der Waals surface area contributed by atoms with Gasteiger partial charge in [0.05, 0.1) is 5.69 Å². The lowest BCUT2D eigenvalue weighted by molar-refractivity contribution is 0.558. The van der Waals surface area contributed by atoms with E-state index in [0.717, 1.165) is 36.8 Å². The van der Waals surface area contributed by atoms with Crippen LogP contribution in [0, 0.1) is 5.95 Å². The molecule has 0 fully saturated rings. The summed E-state index contributed by atoms with van der Waals surface area (Å²) >= 11 is 0. The van der Waals surface area contributed by atoms with Crippen LogP contribution in [0.1, 0.15) is 89.2 Å². The van der Waals surface area contributed by atoms with E-state index in [2.05, 4.69) is 55.2 Å². The maximum Gasteiger partial charge on any atom is 0.216 e. The first-order valence-electron chi connectivity index (χ1n) is 13.1. The smallest absolute Gasteiger partial charge is 0.216 e. The van der Waals surface area contributed by atoms with Gasteiger partial charge in [-0.2, -0.15) is 4.39 Å². The second kappa shape index (κ2) is 13.9. The van der Waals surface area contributed by atoms with Gasteiger partial charge in [-0.1, -0.05) is 120 Å². The topological polar surface area (TPSA) is 12.9 Å². The molecule has 176 valence electrons. The van der Waals surface area contributed by atoms with Crippen molar-refractivity contribution in [2.45, 2.75) is 90.9 Å². The lowest BCUT2D eigenvalue weighted by Crippen LogP contribution is -1.96. The summed E-state index contributed by atoms with van der Waals surface area (Å²) in [5.74, 6) is -0.325. The summed E-state index contributed by atoms with van der Waals surface area (Å²) in [6, 6.07) is 21.1. The third kappa shape index (κ3) is 8.11. The van der Waals surface area contributed by atoms with E-state index in [1.807, 2.05) is 24.3 Å². The Kier molecular flexibility index (Phi) is 10.6. The number of benzene rings is 2. The molecule has 0 unspecified atom stereocenters. The first-order chi connectivity index (χ1) is 16.2. The SMILES string of the molecule is CCCCCCCCc1ccc(-c2ccc(-c3ccc(CCCCCC)c(F)n3)cc2)cc1. The Morgan fingerprint density at radius 2 is 1.06 bits per heavy atom. The van der Waals surface area contributed by atoms with Crippen molar-refractivity contribution in [1.29, 1.82) is 0 Å². The number of hydrogen-bond acceptors (Lipinski definition) is 1. The van der Waals surface area contributed by atoms with Crippen LogP contribution in [-0.2, 0) is 12.8 Å². The molecule has 0 N–H and O–H groups in total. The number of hydrogen-bond donors (Lipinski definition) is 0. The van der Waals surface area contributed by atoms with Crippen LogP contribution in [0.2, 0.25) is 0 Å². The molecule has 1 nitrogen and oxygen atoms in total. The van der Waals surface area contributed by atoms with E-state index in [4.69, 9.17) is 0 Å². The predicted molar refractivity (Wildman–Crippen MR) is 140 cm³/mol. The molecule has 0 aliphatic carbocycles. The fraction of sp³-hybridized carbons (Fsp3) is 0.452. The fourth-order valence-electron chi connectivity index (χ4n) is 4.36. The number of aryl methyl sites for hydroxylation is 2. The zero-order valence-electron chi connectivity index (χ0n) is 20.6. The summed E-state index contributed by atoms with van der Waals surface area (Å²) in [6.07, 6.45) is 14.5. The maximum absolute atomic E-state index is 14.5. The Balaban J connectivity index is 1.55. The number of nitrogens with zero attached hydrogens (tertiary/aromatic N) is 1. The summed E-state index contributed by atoms with van der Waals surface area (Å²) < 4.78 is 14.5. The molecule has 0 amide bonds. The molecule has 2 aromatic carbocycles. The molecule has 0 aliphatic rings. The van der Waals surface area contributed by atoms with Crippen molar-refractivity contribution >= 4 is 0 Å². The second-order valence-corrected chi connectivity index (χ2v) is 9.25. The van der Waals surface area contributed by atoms with Crippen molar-refractivity contribution in [3.8, 4) is 22.4 Å². The van der Waals surface area contributed by atoms with Crippen LogP contribution in [0.25, 0.3) is 22.4 Å². The predicted octanol–water partition coefficient (Wildman–Crippen LogP) is 9.58. The van der Waals surface area contributed by atoms with Crippen LogP contribution >= 0.6 is 0 Å². The minimum absolute atomic E-state index is 0.325. The standard InChI is InChI=1S/C31H40FN/c1-3-5-7-9-10-11-13-25-15-17-26(18-16-25)27-19-21-28(22-20-27)30-24-23-29(31(32)33-30)14-12-8-6-4-2/h15-24H,3-14H2,1-2H3. The molecule has 0 spiro atoms. The molecule has 0 radical (unpaired) electrons. The highest BCUT2D eigenvalue weighted by Crippen LogP contribution is 2.25. The molecule has 0 saturated heterocycles. The van der Waals surface area contributed by atoms with E-state index in [1.165, 1.54) is 68.1 Å². The van der Waals surface area contributed by atoms with Crippen molar-refractivity contribution in [2.24, 2.45) is 0 Å². The monoisotopic (exact) mass is 445 g/mol. The van der Waals surface area contributed by atoms with Gasteiger partial charge in [-0.05, 0) is 48.4 Å². The highest BCUT2D eigenvalue weighted by molar-refractivity contribution is 5.69. The molecule has 33 heavy (non-hydrogen) atoms. The molecule has 0 bridgehead atoms. The van der Waals surface area contributed by atoms with Crippen molar-refractivity contribution in [3.63, 3.8) is 0 Å². The zero-order chi connectivity index (χ0) is 23.3. The molecule has 0 aliphatic heterocycles. The van der Waals surface area contributed by atoms with E-state index in [0.29, 0.717) is 5.69 Å². The van der Waals surface area contributed by atoms with Crippen molar-refractivity contribution in [1.82, 2.24) is 4.98 Å². The fourth-order valence-corrected chi connectivity index (χ4v) is 4.36. The quantitative estimate of drug-likeness (QED) is 0.178. The van der Waals surface area contributed by atoms with Gasteiger partial charge in [0.25, 0.3) is 0 Å². The van der Waals surface area contributed by atoms with E-state index in [-0.39, 0.29) is 5.95 Å². The Bertz CT molecular complexity index is 944. The van der Waals surface area contributed by atoms with Gasteiger partial charge < -0.3 is 0 Å². The summed E-state index contributed by atoms with van der Waals surface area (Å²) in [4.78, 5) is 4.24. The molecule has 1 aromatic heterocycles. The normalized spacial score (nSPS) is 11.1. The summed E-state index contributed by atoms with van der Waals surface area (Å²) in [7, 11) is 0. The molecule has 3 aromatic rings. The van der Waals surface area contributed by atoms with Crippen molar-refractivity contribution < 1.29 is 4.39 Å². The number of rotatable bonds is 14. The van der Waals surface area contributed by atoms with E-state index >= 15 is 0 Å². The Hall–Kier alpha value is -2.48. The Morgan fingerprint density at radius 1 is 0.545 bits per heavy atom. The van der Waals surface area contributed by atoms with E-state index in [9.17, 15) is 4.39 Å². The highest BCUT2D eigenvalue weighted by Gasteiger charge is 2.08. The lowest BCUT2D eigenvalue weighted by atomic mass is 9.99. The largest absolute Gasteiger partial charge is 0.219 e. The maximum atomic E-state index is 14.5. The molecule has 0 atom stereocenters. The minimum Gasteiger partial charge on any atom is -0.219 e. The van der Waals surface area contributed by atoms with E-state index in [1.54, 1.807) is 0 Å². The minimum atomic E-state index is -0.325. The number of aromatic nitrogens is 1. The van der Waals surface area contributed by atoms with Crippen LogP contribution in [0.15, 0.2) is 60.7 Å². The first kappa shape index (κ1) is 25.1. The Labute approximate surface area is 200 Å².